The molecule has 1 atom stereocenters. The minimum atomic E-state index is 0.0231. The Kier molecular flexibility index (Phi) is 5.84. The molecule has 19 heavy (non-hydrogen) atoms. The molecule has 0 aliphatic carbocycles. The van der Waals surface area contributed by atoms with E-state index in [0.717, 1.165) is 37.5 Å². The first-order valence-electron chi connectivity index (χ1n) is 5.90. The number of halogens is 3. The van der Waals surface area contributed by atoms with Crippen LogP contribution in [0.5, 0.6) is 0 Å². The fourth-order valence-corrected chi connectivity index (χ4v) is 4.21. The molecule has 0 bridgehead atoms. The quantitative estimate of drug-likeness (QED) is 0.694. The number of thiophene rings is 1. The van der Waals surface area contributed by atoms with Crippen LogP contribution in [0.2, 0.25) is 5.02 Å². The molecule has 102 valence electrons. The SMILES string of the molecule is CCCNC(c1ncc(Br)cc1Br)c1sccc1Cl. The van der Waals surface area contributed by atoms with Gasteiger partial charge in [0.1, 0.15) is 0 Å². The van der Waals surface area contributed by atoms with Gasteiger partial charge in [0, 0.05) is 20.0 Å². The van der Waals surface area contributed by atoms with Gasteiger partial charge in [-0.3, -0.25) is 4.98 Å². The molecule has 2 rings (SSSR count). The maximum atomic E-state index is 6.27. The third-order valence-corrected chi connectivity index (χ3v) is 5.11. The Morgan fingerprint density at radius 2 is 2.26 bits per heavy atom. The topological polar surface area (TPSA) is 24.9 Å². The van der Waals surface area contributed by atoms with E-state index in [9.17, 15) is 0 Å². The van der Waals surface area contributed by atoms with E-state index in [-0.39, 0.29) is 6.04 Å². The highest BCUT2D eigenvalue weighted by Crippen LogP contribution is 2.35. The highest BCUT2D eigenvalue weighted by atomic mass is 79.9. The van der Waals surface area contributed by atoms with Gasteiger partial charge in [-0.25, -0.2) is 0 Å². The summed E-state index contributed by atoms with van der Waals surface area (Å²) in [5.41, 5.74) is 0.959. The second-order valence-corrected chi connectivity index (χ2v) is 7.17. The third-order valence-electron chi connectivity index (χ3n) is 2.62. The van der Waals surface area contributed by atoms with Crippen molar-refractivity contribution in [3.8, 4) is 0 Å². The van der Waals surface area contributed by atoms with Gasteiger partial charge in [-0.1, -0.05) is 18.5 Å². The van der Waals surface area contributed by atoms with Crippen LogP contribution in [0.1, 0.15) is 30.0 Å². The third kappa shape index (κ3) is 3.79. The van der Waals surface area contributed by atoms with Crippen molar-refractivity contribution < 1.29 is 0 Å². The zero-order chi connectivity index (χ0) is 13.8. The minimum Gasteiger partial charge on any atom is -0.304 e. The molecule has 2 aromatic heterocycles. The molecule has 0 saturated heterocycles. The molecule has 2 aromatic rings. The summed E-state index contributed by atoms with van der Waals surface area (Å²) in [4.78, 5) is 5.62. The van der Waals surface area contributed by atoms with Crippen molar-refractivity contribution in [2.24, 2.45) is 0 Å². The molecule has 6 heteroatoms. The van der Waals surface area contributed by atoms with Gasteiger partial charge in [-0.15, -0.1) is 11.3 Å². The van der Waals surface area contributed by atoms with E-state index >= 15 is 0 Å². The number of hydrogen-bond acceptors (Lipinski definition) is 3. The largest absolute Gasteiger partial charge is 0.304 e. The number of nitrogens with zero attached hydrogens (tertiary/aromatic N) is 1. The Morgan fingerprint density at radius 3 is 2.84 bits per heavy atom. The fourth-order valence-electron chi connectivity index (χ4n) is 1.75. The predicted molar refractivity (Wildman–Crippen MR) is 89.1 cm³/mol. The average Bonchev–Trinajstić information content (AvgIpc) is 2.78. The van der Waals surface area contributed by atoms with Crippen LogP contribution >= 0.6 is 54.8 Å². The van der Waals surface area contributed by atoms with E-state index in [0.29, 0.717) is 0 Å². The summed E-state index contributed by atoms with van der Waals surface area (Å²) in [7, 11) is 0. The first kappa shape index (κ1) is 15.4. The molecular formula is C13H13Br2ClN2S. The van der Waals surface area contributed by atoms with E-state index in [1.54, 1.807) is 11.3 Å². The molecule has 0 fully saturated rings. The average molecular weight is 425 g/mol. The van der Waals surface area contributed by atoms with Crippen LogP contribution in [0.25, 0.3) is 0 Å². The summed E-state index contributed by atoms with van der Waals surface area (Å²) in [5.74, 6) is 0. The van der Waals surface area contributed by atoms with Crippen molar-refractivity contribution in [3.63, 3.8) is 0 Å². The zero-order valence-electron chi connectivity index (χ0n) is 10.3. The van der Waals surface area contributed by atoms with Gasteiger partial charge in [-0.2, -0.15) is 0 Å². The molecular weight excluding hydrogens is 411 g/mol. The Balaban J connectivity index is 2.40. The van der Waals surface area contributed by atoms with Crippen LogP contribution < -0.4 is 5.32 Å². The van der Waals surface area contributed by atoms with Crippen LogP contribution in [0, 0.1) is 0 Å². The van der Waals surface area contributed by atoms with Crippen LogP contribution in [-0.4, -0.2) is 11.5 Å². The monoisotopic (exact) mass is 422 g/mol. The molecule has 2 nitrogen and oxygen atoms in total. The van der Waals surface area contributed by atoms with Crippen molar-refractivity contribution in [3.05, 3.63) is 48.2 Å². The van der Waals surface area contributed by atoms with E-state index in [1.165, 1.54) is 0 Å². The Bertz CT molecular complexity index is 559. The summed E-state index contributed by atoms with van der Waals surface area (Å²) < 4.78 is 1.93. The number of aromatic nitrogens is 1. The maximum absolute atomic E-state index is 6.27. The van der Waals surface area contributed by atoms with Gasteiger partial charge in [0.25, 0.3) is 0 Å². The number of rotatable bonds is 5. The smallest absolute Gasteiger partial charge is 0.0871 e. The van der Waals surface area contributed by atoms with E-state index in [1.807, 2.05) is 23.7 Å². The van der Waals surface area contributed by atoms with Gasteiger partial charge in [0.2, 0.25) is 0 Å². The molecule has 0 spiro atoms. The van der Waals surface area contributed by atoms with Gasteiger partial charge >= 0.3 is 0 Å². The predicted octanol–water partition coefficient (Wildman–Crippen LogP) is 5.41. The lowest BCUT2D eigenvalue weighted by atomic mass is 10.1. The van der Waals surface area contributed by atoms with Gasteiger partial charge in [-0.05, 0) is 62.3 Å². The molecule has 1 unspecified atom stereocenters. The second-order valence-electron chi connectivity index (χ2n) is 4.04. The molecule has 0 aliphatic rings. The lowest BCUT2D eigenvalue weighted by Gasteiger charge is -2.18. The Labute approximate surface area is 138 Å². The molecule has 0 saturated carbocycles. The summed E-state index contributed by atoms with van der Waals surface area (Å²) in [6.07, 6.45) is 2.87. The van der Waals surface area contributed by atoms with Crippen LogP contribution in [0.4, 0.5) is 0 Å². The highest BCUT2D eigenvalue weighted by Gasteiger charge is 2.21. The molecule has 0 amide bonds. The van der Waals surface area contributed by atoms with Crippen molar-refractivity contribution in [1.29, 1.82) is 0 Å². The molecule has 0 radical (unpaired) electrons. The number of pyridine rings is 1. The van der Waals surface area contributed by atoms with Crippen LogP contribution in [-0.2, 0) is 0 Å². The number of nitrogens with one attached hydrogen (secondary N) is 1. The van der Waals surface area contributed by atoms with Crippen LogP contribution in [0.3, 0.4) is 0 Å². The summed E-state index contributed by atoms with van der Waals surface area (Å²) in [6, 6.07) is 3.95. The second kappa shape index (κ2) is 7.18. The van der Waals surface area contributed by atoms with Gasteiger partial charge < -0.3 is 5.32 Å². The van der Waals surface area contributed by atoms with Gasteiger partial charge in [0.15, 0.2) is 0 Å². The first-order chi connectivity index (χ1) is 9.13. The fraction of sp³-hybridized carbons (Fsp3) is 0.308. The lowest BCUT2D eigenvalue weighted by Crippen LogP contribution is -2.24. The van der Waals surface area contributed by atoms with Crippen molar-refractivity contribution in [2.45, 2.75) is 19.4 Å². The maximum Gasteiger partial charge on any atom is 0.0871 e. The molecule has 1 N–H and O–H groups in total. The van der Waals surface area contributed by atoms with Crippen molar-refractivity contribution in [1.82, 2.24) is 10.3 Å². The first-order valence-corrected chi connectivity index (χ1v) is 8.75. The normalized spacial score (nSPS) is 12.6. The van der Waals surface area contributed by atoms with E-state index < -0.39 is 0 Å². The van der Waals surface area contributed by atoms with Gasteiger partial charge in [0.05, 0.1) is 16.8 Å². The molecule has 0 aliphatic heterocycles. The van der Waals surface area contributed by atoms with Crippen LogP contribution in [0.15, 0.2) is 32.7 Å². The Morgan fingerprint density at radius 1 is 1.47 bits per heavy atom. The number of hydrogen-bond donors (Lipinski definition) is 1. The summed E-state index contributed by atoms with van der Waals surface area (Å²) in [6.45, 7) is 3.06. The van der Waals surface area contributed by atoms with Crippen molar-refractivity contribution >= 4 is 54.8 Å². The molecule has 0 aromatic carbocycles. The van der Waals surface area contributed by atoms with Crippen molar-refractivity contribution in [2.75, 3.05) is 6.54 Å². The summed E-state index contributed by atoms with van der Waals surface area (Å²) in [5, 5.41) is 6.30. The Hall–Kier alpha value is 0.0600. The lowest BCUT2D eigenvalue weighted by molar-refractivity contribution is 0.591. The zero-order valence-corrected chi connectivity index (χ0v) is 15.0. The highest BCUT2D eigenvalue weighted by molar-refractivity contribution is 9.11. The van der Waals surface area contributed by atoms with E-state index in [2.05, 4.69) is 49.1 Å². The molecule has 2 heterocycles. The standard InChI is InChI=1S/C13H13Br2ClN2S/c1-2-4-17-12(13-10(16)3-5-19-13)11-9(15)6-8(14)7-18-11/h3,5-7,12,17H,2,4H2,1H3. The van der Waals surface area contributed by atoms with E-state index in [4.69, 9.17) is 11.6 Å². The minimum absolute atomic E-state index is 0.0231. The summed E-state index contributed by atoms with van der Waals surface area (Å²) >= 11 is 14.9.